The van der Waals surface area contributed by atoms with Crippen molar-refractivity contribution < 1.29 is 15.2 Å². The van der Waals surface area contributed by atoms with E-state index in [1.807, 2.05) is 42.5 Å². The fraction of sp³-hybridized carbons (Fsp3) is 0.294. The lowest BCUT2D eigenvalue weighted by atomic mass is 10.2. The first-order valence-corrected chi connectivity index (χ1v) is 7.47. The Kier molecular flexibility index (Phi) is 6.70. The van der Waals surface area contributed by atoms with Gasteiger partial charge in [-0.2, -0.15) is 0 Å². The Balaban J connectivity index is 1.59. The minimum Gasteiger partial charge on any atom is -0.385 e. The zero-order valence-corrected chi connectivity index (χ0v) is 12.7. The van der Waals surface area contributed by atoms with E-state index in [1.54, 1.807) is 0 Å². The molecule has 0 spiro atoms. The zero-order valence-electron chi connectivity index (χ0n) is 11.9. The first kappa shape index (κ1) is 16.0. The lowest BCUT2D eigenvalue weighted by Gasteiger charge is -2.10. The van der Waals surface area contributed by atoms with Gasteiger partial charge in [-0.3, -0.25) is 0 Å². The summed E-state index contributed by atoms with van der Waals surface area (Å²) in [6.45, 7) is 2.34. The van der Waals surface area contributed by atoms with Crippen LogP contribution in [0.5, 0.6) is 0 Å². The molecule has 0 aliphatic rings. The van der Waals surface area contributed by atoms with Gasteiger partial charge in [0.25, 0.3) is 0 Å². The molecule has 0 unspecified atom stereocenters. The number of quaternary nitrogens is 1. The van der Waals surface area contributed by atoms with Gasteiger partial charge in [0.15, 0.2) is 0 Å². The molecule has 112 valence electrons. The minimum atomic E-state index is -0.457. The first-order chi connectivity index (χ1) is 10.2. The molecule has 0 fully saturated rings. The fourth-order valence-corrected chi connectivity index (χ4v) is 2.14. The van der Waals surface area contributed by atoms with E-state index >= 15 is 0 Å². The summed E-state index contributed by atoms with van der Waals surface area (Å²) < 4.78 is 5.51. The molecule has 1 atom stereocenters. The van der Waals surface area contributed by atoms with Gasteiger partial charge in [0.2, 0.25) is 0 Å². The fourth-order valence-electron chi connectivity index (χ4n) is 2.02. The van der Waals surface area contributed by atoms with Crippen molar-refractivity contribution in [3.63, 3.8) is 0 Å². The Labute approximate surface area is 130 Å². The van der Waals surface area contributed by atoms with Crippen LogP contribution < -0.4 is 5.32 Å². The number of halogens is 1. The van der Waals surface area contributed by atoms with E-state index in [9.17, 15) is 5.11 Å². The van der Waals surface area contributed by atoms with Crippen LogP contribution in [0, 0.1) is 0 Å². The second kappa shape index (κ2) is 8.80. The second-order valence-corrected chi connectivity index (χ2v) is 5.45. The van der Waals surface area contributed by atoms with Crippen molar-refractivity contribution in [2.24, 2.45) is 0 Å². The lowest BCUT2D eigenvalue weighted by Crippen LogP contribution is -2.85. The Hall–Kier alpha value is -1.39. The first-order valence-electron chi connectivity index (χ1n) is 7.10. The Bertz CT molecular complexity index is 516. The quantitative estimate of drug-likeness (QED) is 0.783. The van der Waals surface area contributed by atoms with Crippen molar-refractivity contribution in [1.82, 2.24) is 0 Å². The molecule has 2 rings (SSSR count). The molecule has 3 nitrogen and oxygen atoms in total. The van der Waals surface area contributed by atoms with Gasteiger partial charge in [0.1, 0.15) is 19.2 Å². The highest BCUT2D eigenvalue weighted by molar-refractivity contribution is 6.30. The third-order valence-electron chi connectivity index (χ3n) is 3.15. The predicted octanol–water partition coefficient (Wildman–Crippen LogP) is 1.98. The number of rotatable bonds is 8. The molecule has 0 heterocycles. The average Bonchev–Trinajstić information content (AvgIpc) is 2.50. The molecule has 21 heavy (non-hydrogen) atoms. The van der Waals surface area contributed by atoms with Crippen LogP contribution >= 0.6 is 11.6 Å². The van der Waals surface area contributed by atoms with E-state index in [2.05, 4.69) is 17.4 Å². The van der Waals surface area contributed by atoms with Crippen LogP contribution in [-0.2, 0) is 17.9 Å². The van der Waals surface area contributed by atoms with Crippen molar-refractivity contribution in [3.8, 4) is 0 Å². The summed E-state index contributed by atoms with van der Waals surface area (Å²) in [6, 6.07) is 17.7. The molecule has 0 radical (unpaired) electrons. The van der Waals surface area contributed by atoms with E-state index in [1.165, 1.54) is 5.56 Å². The van der Waals surface area contributed by atoms with Crippen LogP contribution in [0.2, 0.25) is 5.02 Å². The summed E-state index contributed by atoms with van der Waals surface area (Å²) in [5, 5.41) is 12.7. The van der Waals surface area contributed by atoms with Gasteiger partial charge in [-0.25, -0.2) is 0 Å². The van der Waals surface area contributed by atoms with Crippen molar-refractivity contribution >= 4 is 11.6 Å². The maximum absolute atomic E-state index is 9.87. The van der Waals surface area contributed by atoms with E-state index in [-0.39, 0.29) is 0 Å². The monoisotopic (exact) mass is 306 g/mol. The second-order valence-electron chi connectivity index (χ2n) is 5.01. The normalized spacial score (nSPS) is 12.3. The summed E-state index contributed by atoms with van der Waals surface area (Å²) in [6.07, 6.45) is -0.457. The van der Waals surface area contributed by atoms with Crippen LogP contribution in [0.15, 0.2) is 54.6 Å². The largest absolute Gasteiger partial charge is 0.385 e. The number of benzene rings is 2. The van der Waals surface area contributed by atoms with Crippen LogP contribution in [0.4, 0.5) is 0 Å². The topological polar surface area (TPSA) is 46.1 Å². The lowest BCUT2D eigenvalue weighted by molar-refractivity contribution is -0.676. The third-order valence-corrected chi connectivity index (χ3v) is 3.41. The molecule has 0 aliphatic carbocycles. The molecule has 2 aromatic carbocycles. The van der Waals surface area contributed by atoms with Crippen molar-refractivity contribution in [2.75, 3.05) is 13.2 Å². The van der Waals surface area contributed by atoms with E-state index < -0.39 is 6.10 Å². The van der Waals surface area contributed by atoms with Gasteiger partial charge in [-0.1, -0.05) is 54.1 Å². The molecule has 0 aromatic heterocycles. The van der Waals surface area contributed by atoms with Crippen LogP contribution in [0.25, 0.3) is 0 Å². The molecular formula is C17H21ClNO2+. The van der Waals surface area contributed by atoms with Gasteiger partial charge < -0.3 is 15.2 Å². The molecule has 0 bridgehead atoms. The van der Waals surface area contributed by atoms with E-state index in [4.69, 9.17) is 16.3 Å². The van der Waals surface area contributed by atoms with Crippen molar-refractivity contribution in [2.45, 2.75) is 19.3 Å². The van der Waals surface area contributed by atoms with Gasteiger partial charge in [-0.05, 0) is 17.7 Å². The number of nitrogens with two attached hydrogens (primary N) is 1. The third kappa shape index (κ3) is 6.27. The number of aliphatic hydroxyl groups excluding tert-OH is 1. The molecule has 0 aliphatic heterocycles. The number of ether oxygens (including phenoxy) is 1. The maximum atomic E-state index is 9.87. The molecule has 4 heteroatoms. The molecule has 0 saturated carbocycles. The summed E-state index contributed by atoms with van der Waals surface area (Å²) in [4.78, 5) is 0. The summed E-state index contributed by atoms with van der Waals surface area (Å²) in [5.41, 5.74) is 2.31. The van der Waals surface area contributed by atoms with Gasteiger partial charge in [0.05, 0.1) is 13.2 Å². The highest BCUT2D eigenvalue weighted by atomic mass is 35.5. The summed E-state index contributed by atoms with van der Waals surface area (Å²) in [5.74, 6) is 0. The summed E-state index contributed by atoms with van der Waals surface area (Å²) >= 11 is 5.82. The highest BCUT2D eigenvalue weighted by Gasteiger charge is 2.06. The SMILES string of the molecule is O[C@H](C[NH2+]Cc1ccccc1)COCc1ccc(Cl)cc1. The van der Waals surface area contributed by atoms with Gasteiger partial charge in [0, 0.05) is 10.6 Å². The zero-order chi connectivity index (χ0) is 14.9. The number of hydrogen-bond donors (Lipinski definition) is 2. The molecule has 3 N–H and O–H groups in total. The maximum Gasteiger partial charge on any atom is 0.126 e. The Morgan fingerprint density at radius 1 is 1.00 bits per heavy atom. The molecular weight excluding hydrogens is 286 g/mol. The highest BCUT2D eigenvalue weighted by Crippen LogP contribution is 2.10. The van der Waals surface area contributed by atoms with Crippen LogP contribution in [0.3, 0.4) is 0 Å². The van der Waals surface area contributed by atoms with Crippen LogP contribution in [-0.4, -0.2) is 24.4 Å². The van der Waals surface area contributed by atoms with Crippen LogP contribution in [0.1, 0.15) is 11.1 Å². The van der Waals surface area contributed by atoms with E-state index in [0.717, 1.165) is 12.1 Å². The minimum absolute atomic E-state index is 0.341. The predicted molar refractivity (Wildman–Crippen MR) is 84.1 cm³/mol. The average molecular weight is 307 g/mol. The van der Waals surface area contributed by atoms with E-state index in [0.29, 0.717) is 24.8 Å². The standard InChI is InChI=1S/C17H20ClNO2/c18-16-8-6-15(7-9-16)12-21-13-17(20)11-19-10-14-4-2-1-3-5-14/h1-9,17,19-20H,10-13H2/p+1/t17-/m1/s1. The Morgan fingerprint density at radius 3 is 2.43 bits per heavy atom. The molecule has 0 amide bonds. The summed E-state index contributed by atoms with van der Waals surface area (Å²) in [7, 11) is 0. The van der Waals surface area contributed by atoms with Gasteiger partial charge >= 0.3 is 0 Å². The van der Waals surface area contributed by atoms with Gasteiger partial charge in [-0.15, -0.1) is 0 Å². The van der Waals surface area contributed by atoms with Crippen molar-refractivity contribution in [1.29, 1.82) is 0 Å². The number of aliphatic hydroxyl groups is 1. The molecule has 2 aromatic rings. The Morgan fingerprint density at radius 2 is 1.71 bits per heavy atom. The molecule has 0 saturated heterocycles. The smallest absolute Gasteiger partial charge is 0.126 e. The number of hydrogen-bond acceptors (Lipinski definition) is 2. The van der Waals surface area contributed by atoms with Crippen molar-refractivity contribution in [3.05, 3.63) is 70.7 Å².